The molecule has 0 atom stereocenters. The van der Waals surface area contributed by atoms with Crippen molar-refractivity contribution < 1.29 is 9.90 Å². The van der Waals surface area contributed by atoms with E-state index in [2.05, 4.69) is 9.97 Å². The van der Waals surface area contributed by atoms with Crippen LogP contribution in [0.15, 0.2) is 17.2 Å². The monoisotopic (exact) mass is 237 g/mol. The number of amides is 1. The number of nitrogens with zero attached hydrogens (tertiary/aromatic N) is 2. The van der Waals surface area contributed by atoms with Crippen LogP contribution in [0.3, 0.4) is 0 Å². The van der Waals surface area contributed by atoms with Gasteiger partial charge in [0.1, 0.15) is 5.69 Å². The second-order valence-electron chi connectivity index (χ2n) is 4.59. The number of carbonyl (C=O) groups excluding carboxylic acids is 1. The Kier molecular flexibility index (Phi) is 2.97. The lowest BCUT2D eigenvalue weighted by Crippen LogP contribution is -2.45. The Hall–Kier alpha value is -1.69. The van der Waals surface area contributed by atoms with Crippen molar-refractivity contribution in [1.82, 2.24) is 14.9 Å². The molecule has 1 amide bonds. The van der Waals surface area contributed by atoms with E-state index in [4.69, 9.17) is 0 Å². The maximum Gasteiger partial charge on any atom is 0.273 e. The van der Waals surface area contributed by atoms with Gasteiger partial charge in [0.2, 0.25) is 0 Å². The number of likely N-dealkylation sites (tertiary alicyclic amines) is 1. The molecule has 0 aromatic carbocycles. The number of nitrogens with one attached hydrogen (secondary N) is 1. The van der Waals surface area contributed by atoms with E-state index in [1.165, 1.54) is 6.20 Å². The third kappa shape index (κ3) is 2.71. The number of H-pyrrole nitrogens is 1. The Labute approximate surface area is 98.3 Å². The molecule has 1 aromatic rings. The van der Waals surface area contributed by atoms with Gasteiger partial charge in [-0.2, -0.15) is 0 Å². The highest BCUT2D eigenvalue weighted by molar-refractivity contribution is 5.92. The van der Waals surface area contributed by atoms with Crippen LogP contribution in [0.5, 0.6) is 0 Å². The minimum absolute atomic E-state index is 0.211. The van der Waals surface area contributed by atoms with Crippen LogP contribution < -0.4 is 5.56 Å². The van der Waals surface area contributed by atoms with E-state index < -0.39 is 5.60 Å². The van der Waals surface area contributed by atoms with Crippen molar-refractivity contribution >= 4 is 5.91 Å². The molecule has 92 valence electrons. The SMILES string of the molecule is CC1(O)CCN(C(=O)c2c[nH]c(=O)cn2)CC1. The standard InChI is InChI=1S/C11H15N3O3/c1-11(17)2-4-14(5-3-11)10(16)8-6-13-9(15)7-12-8/h6-7,17H,2-5H2,1H3,(H,13,15). The van der Waals surface area contributed by atoms with Gasteiger partial charge in [-0.25, -0.2) is 4.98 Å². The van der Waals surface area contributed by atoms with Crippen LogP contribution in [0.4, 0.5) is 0 Å². The minimum Gasteiger partial charge on any atom is -0.390 e. The van der Waals surface area contributed by atoms with Gasteiger partial charge in [-0.1, -0.05) is 0 Å². The highest BCUT2D eigenvalue weighted by Crippen LogP contribution is 2.21. The predicted molar refractivity (Wildman–Crippen MR) is 60.6 cm³/mol. The average molecular weight is 237 g/mol. The number of piperidine rings is 1. The maximum atomic E-state index is 12.0. The smallest absolute Gasteiger partial charge is 0.273 e. The summed E-state index contributed by atoms with van der Waals surface area (Å²) in [5.74, 6) is -0.211. The number of aliphatic hydroxyl groups is 1. The molecule has 0 radical (unpaired) electrons. The van der Waals surface area contributed by atoms with E-state index >= 15 is 0 Å². The van der Waals surface area contributed by atoms with Crippen LogP contribution in [-0.4, -0.2) is 44.6 Å². The normalized spacial score (nSPS) is 19.1. The molecule has 2 rings (SSSR count). The van der Waals surface area contributed by atoms with Crippen LogP contribution >= 0.6 is 0 Å². The summed E-state index contributed by atoms with van der Waals surface area (Å²) in [5.41, 5.74) is -0.788. The summed E-state index contributed by atoms with van der Waals surface area (Å²) in [6.45, 7) is 2.78. The predicted octanol–water partition coefficient (Wildman–Crippen LogP) is -0.243. The summed E-state index contributed by atoms with van der Waals surface area (Å²) in [6, 6.07) is 0. The lowest BCUT2D eigenvalue weighted by molar-refractivity contribution is -0.00220. The molecule has 0 saturated carbocycles. The van der Waals surface area contributed by atoms with E-state index in [-0.39, 0.29) is 17.2 Å². The topological polar surface area (TPSA) is 86.3 Å². The van der Waals surface area contributed by atoms with E-state index in [1.807, 2.05) is 0 Å². The van der Waals surface area contributed by atoms with Crippen LogP contribution in [0, 0.1) is 0 Å². The Morgan fingerprint density at radius 3 is 2.71 bits per heavy atom. The molecule has 6 heteroatoms. The number of hydrogen-bond donors (Lipinski definition) is 2. The first-order valence-corrected chi connectivity index (χ1v) is 5.54. The first-order valence-electron chi connectivity index (χ1n) is 5.54. The second-order valence-corrected chi connectivity index (χ2v) is 4.59. The third-order valence-electron chi connectivity index (χ3n) is 3.02. The Morgan fingerprint density at radius 2 is 2.18 bits per heavy atom. The van der Waals surface area contributed by atoms with Gasteiger partial charge in [-0.05, 0) is 19.8 Å². The molecular weight excluding hydrogens is 222 g/mol. The fourth-order valence-electron chi connectivity index (χ4n) is 1.81. The zero-order valence-corrected chi connectivity index (χ0v) is 9.64. The minimum atomic E-state index is -0.685. The van der Waals surface area contributed by atoms with Crippen molar-refractivity contribution in [3.8, 4) is 0 Å². The number of hydrogen-bond acceptors (Lipinski definition) is 4. The van der Waals surface area contributed by atoms with Crippen LogP contribution in [0.25, 0.3) is 0 Å². The summed E-state index contributed by atoms with van der Waals surface area (Å²) in [7, 11) is 0. The van der Waals surface area contributed by atoms with Crippen molar-refractivity contribution in [2.45, 2.75) is 25.4 Å². The van der Waals surface area contributed by atoms with Gasteiger partial charge in [0.25, 0.3) is 11.5 Å². The van der Waals surface area contributed by atoms with E-state index in [9.17, 15) is 14.7 Å². The second kappa shape index (κ2) is 4.29. The van der Waals surface area contributed by atoms with Gasteiger partial charge >= 0.3 is 0 Å². The lowest BCUT2D eigenvalue weighted by Gasteiger charge is -2.35. The summed E-state index contributed by atoms with van der Waals surface area (Å²) < 4.78 is 0. The molecule has 17 heavy (non-hydrogen) atoms. The van der Waals surface area contributed by atoms with Crippen molar-refractivity contribution in [1.29, 1.82) is 0 Å². The quantitative estimate of drug-likeness (QED) is 0.705. The molecule has 2 heterocycles. The summed E-state index contributed by atoms with van der Waals surface area (Å²) >= 11 is 0. The Bertz CT molecular complexity index is 451. The molecule has 0 unspecified atom stereocenters. The van der Waals surface area contributed by atoms with Crippen LogP contribution in [0.1, 0.15) is 30.3 Å². The van der Waals surface area contributed by atoms with Gasteiger partial charge < -0.3 is 15.0 Å². The molecule has 2 N–H and O–H groups in total. The van der Waals surface area contributed by atoms with Crippen molar-refractivity contribution in [2.75, 3.05) is 13.1 Å². The van der Waals surface area contributed by atoms with Gasteiger partial charge in [-0.3, -0.25) is 9.59 Å². The molecule has 1 aromatic heterocycles. The zero-order chi connectivity index (χ0) is 12.5. The van der Waals surface area contributed by atoms with Gasteiger partial charge in [0.15, 0.2) is 0 Å². The Morgan fingerprint density at radius 1 is 1.53 bits per heavy atom. The van der Waals surface area contributed by atoms with Crippen molar-refractivity contribution in [3.05, 3.63) is 28.4 Å². The van der Waals surface area contributed by atoms with Gasteiger partial charge in [-0.15, -0.1) is 0 Å². The zero-order valence-electron chi connectivity index (χ0n) is 9.64. The molecule has 1 aliphatic heterocycles. The summed E-state index contributed by atoms with van der Waals surface area (Å²) in [4.78, 5) is 30.7. The van der Waals surface area contributed by atoms with Crippen molar-refractivity contribution in [2.24, 2.45) is 0 Å². The molecule has 1 aliphatic rings. The summed E-state index contributed by atoms with van der Waals surface area (Å²) in [5, 5.41) is 9.78. The van der Waals surface area contributed by atoms with Gasteiger partial charge in [0, 0.05) is 19.3 Å². The van der Waals surface area contributed by atoms with E-state index in [0.717, 1.165) is 6.20 Å². The number of aromatic nitrogens is 2. The lowest BCUT2D eigenvalue weighted by atomic mass is 9.94. The molecule has 1 fully saturated rings. The van der Waals surface area contributed by atoms with E-state index in [1.54, 1.807) is 11.8 Å². The third-order valence-corrected chi connectivity index (χ3v) is 3.02. The molecule has 1 saturated heterocycles. The largest absolute Gasteiger partial charge is 0.390 e. The fourth-order valence-corrected chi connectivity index (χ4v) is 1.81. The average Bonchev–Trinajstić information content (AvgIpc) is 2.29. The number of rotatable bonds is 1. The summed E-state index contributed by atoms with van der Waals surface area (Å²) in [6.07, 6.45) is 3.52. The number of carbonyl (C=O) groups is 1. The Balaban J connectivity index is 2.06. The first kappa shape index (κ1) is 11.8. The highest BCUT2D eigenvalue weighted by atomic mass is 16.3. The molecule has 0 aliphatic carbocycles. The van der Waals surface area contributed by atoms with Crippen LogP contribution in [0.2, 0.25) is 0 Å². The van der Waals surface area contributed by atoms with Crippen molar-refractivity contribution in [3.63, 3.8) is 0 Å². The maximum absolute atomic E-state index is 12.0. The molecule has 0 spiro atoms. The van der Waals surface area contributed by atoms with Gasteiger partial charge in [0.05, 0.1) is 11.8 Å². The molecule has 6 nitrogen and oxygen atoms in total. The highest BCUT2D eigenvalue weighted by Gasteiger charge is 2.30. The fraction of sp³-hybridized carbons (Fsp3) is 0.545. The van der Waals surface area contributed by atoms with Crippen LogP contribution in [-0.2, 0) is 0 Å². The first-order chi connectivity index (χ1) is 7.98. The molecular formula is C11H15N3O3. The number of aromatic amines is 1. The molecule has 0 bridgehead atoms. The van der Waals surface area contributed by atoms with E-state index in [0.29, 0.717) is 25.9 Å².